The summed E-state index contributed by atoms with van der Waals surface area (Å²) in [5.74, 6) is -0.0948. The van der Waals surface area contributed by atoms with Crippen LogP contribution in [-0.4, -0.2) is 23.2 Å². The van der Waals surface area contributed by atoms with Gasteiger partial charge in [0.05, 0.1) is 12.1 Å². The van der Waals surface area contributed by atoms with E-state index in [2.05, 4.69) is 5.32 Å². The Labute approximate surface area is 116 Å². The van der Waals surface area contributed by atoms with Crippen LogP contribution in [0.1, 0.15) is 30.0 Å². The van der Waals surface area contributed by atoms with E-state index in [-0.39, 0.29) is 18.3 Å². The van der Waals surface area contributed by atoms with Gasteiger partial charge in [0.2, 0.25) is 0 Å². The number of halogens is 1. The molecule has 2 rings (SSSR count). The van der Waals surface area contributed by atoms with E-state index in [0.29, 0.717) is 10.6 Å². The van der Waals surface area contributed by atoms with Gasteiger partial charge in [-0.05, 0) is 39.0 Å². The molecule has 1 aromatic carbocycles. The minimum atomic E-state index is -0.694. The lowest BCUT2D eigenvalue weighted by Crippen LogP contribution is -2.46. The van der Waals surface area contributed by atoms with E-state index >= 15 is 0 Å². The summed E-state index contributed by atoms with van der Waals surface area (Å²) in [6.07, 6.45) is 0. The molecule has 0 fully saturated rings. The minimum absolute atomic E-state index is 0.149. The van der Waals surface area contributed by atoms with Gasteiger partial charge in [0.1, 0.15) is 5.58 Å². The topological polar surface area (TPSA) is 62.5 Å². The molecular weight excluding hydrogens is 266 g/mol. The molecule has 2 aromatic rings. The number of rotatable bonds is 3. The third-order valence-electron chi connectivity index (χ3n) is 2.95. The van der Waals surface area contributed by atoms with Crippen molar-refractivity contribution in [3.05, 3.63) is 34.5 Å². The SMILES string of the molecule is Cc1c(C(=O)NC(C)(C)CO)oc2ccc(Cl)cc12. The maximum atomic E-state index is 12.1. The number of aliphatic hydroxyl groups excluding tert-OH is 1. The molecule has 0 radical (unpaired) electrons. The summed E-state index contributed by atoms with van der Waals surface area (Å²) >= 11 is 5.93. The fourth-order valence-electron chi connectivity index (χ4n) is 1.81. The number of carbonyl (C=O) groups is 1. The molecule has 1 heterocycles. The monoisotopic (exact) mass is 281 g/mol. The molecule has 0 aliphatic heterocycles. The van der Waals surface area contributed by atoms with E-state index in [0.717, 1.165) is 10.9 Å². The fourth-order valence-corrected chi connectivity index (χ4v) is 1.99. The van der Waals surface area contributed by atoms with Gasteiger partial charge in [-0.3, -0.25) is 4.79 Å². The second-order valence-electron chi connectivity index (χ2n) is 5.19. The van der Waals surface area contributed by atoms with Crippen LogP contribution in [-0.2, 0) is 0 Å². The highest BCUT2D eigenvalue weighted by Crippen LogP contribution is 2.28. The van der Waals surface area contributed by atoms with E-state index in [9.17, 15) is 9.90 Å². The number of aryl methyl sites for hydroxylation is 1. The molecule has 0 aliphatic carbocycles. The van der Waals surface area contributed by atoms with Crippen LogP contribution in [0.4, 0.5) is 0 Å². The highest BCUT2D eigenvalue weighted by molar-refractivity contribution is 6.31. The van der Waals surface area contributed by atoms with Gasteiger partial charge < -0.3 is 14.8 Å². The predicted octanol–water partition coefficient (Wildman–Crippen LogP) is 2.90. The number of benzene rings is 1. The predicted molar refractivity (Wildman–Crippen MR) is 74.6 cm³/mol. The van der Waals surface area contributed by atoms with Crippen LogP contribution >= 0.6 is 11.6 Å². The lowest BCUT2D eigenvalue weighted by atomic mass is 10.1. The lowest BCUT2D eigenvalue weighted by Gasteiger charge is -2.22. The Morgan fingerprint density at radius 3 is 2.79 bits per heavy atom. The standard InChI is InChI=1S/C14H16ClNO3/c1-8-10-6-9(15)4-5-11(10)19-12(8)13(18)16-14(2,3)7-17/h4-6,17H,7H2,1-3H3,(H,16,18). The van der Waals surface area contributed by atoms with Gasteiger partial charge in [-0.15, -0.1) is 0 Å². The van der Waals surface area contributed by atoms with E-state index < -0.39 is 5.54 Å². The zero-order chi connectivity index (χ0) is 14.2. The van der Waals surface area contributed by atoms with Crippen LogP contribution in [0.2, 0.25) is 5.02 Å². The second kappa shape index (κ2) is 4.87. The molecule has 5 heteroatoms. The van der Waals surface area contributed by atoms with E-state index in [1.54, 1.807) is 32.0 Å². The van der Waals surface area contributed by atoms with Crippen molar-refractivity contribution in [2.45, 2.75) is 26.3 Å². The number of nitrogens with one attached hydrogen (secondary N) is 1. The van der Waals surface area contributed by atoms with E-state index in [1.807, 2.05) is 6.92 Å². The van der Waals surface area contributed by atoms with Gasteiger partial charge in [-0.2, -0.15) is 0 Å². The first-order valence-corrected chi connectivity index (χ1v) is 6.34. The summed E-state index contributed by atoms with van der Waals surface area (Å²) < 4.78 is 5.55. The Kier molecular flexibility index (Phi) is 3.56. The largest absolute Gasteiger partial charge is 0.451 e. The molecule has 0 saturated heterocycles. The maximum absolute atomic E-state index is 12.1. The number of hydrogen-bond donors (Lipinski definition) is 2. The number of aliphatic hydroxyl groups is 1. The molecule has 0 atom stereocenters. The third kappa shape index (κ3) is 2.74. The molecule has 0 unspecified atom stereocenters. The zero-order valence-electron chi connectivity index (χ0n) is 11.1. The first-order valence-electron chi connectivity index (χ1n) is 5.96. The molecule has 0 spiro atoms. The average Bonchev–Trinajstić information content (AvgIpc) is 2.66. The second-order valence-corrected chi connectivity index (χ2v) is 5.63. The van der Waals surface area contributed by atoms with Crippen molar-refractivity contribution in [3.63, 3.8) is 0 Å². The minimum Gasteiger partial charge on any atom is -0.451 e. The van der Waals surface area contributed by atoms with Gasteiger partial charge >= 0.3 is 0 Å². The molecule has 0 aliphatic rings. The summed E-state index contributed by atoms with van der Waals surface area (Å²) in [6, 6.07) is 5.22. The van der Waals surface area contributed by atoms with Crippen molar-refractivity contribution in [2.75, 3.05) is 6.61 Å². The Bertz CT molecular complexity index is 631. The first kappa shape index (κ1) is 13.9. The summed E-state index contributed by atoms with van der Waals surface area (Å²) in [4.78, 5) is 12.1. The first-order chi connectivity index (χ1) is 8.84. The normalized spacial score (nSPS) is 11.8. The molecule has 0 saturated carbocycles. The highest BCUT2D eigenvalue weighted by atomic mass is 35.5. The van der Waals surface area contributed by atoms with Crippen molar-refractivity contribution in [2.24, 2.45) is 0 Å². The zero-order valence-corrected chi connectivity index (χ0v) is 11.8. The van der Waals surface area contributed by atoms with Gasteiger partial charge in [0.25, 0.3) is 5.91 Å². The molecule has 0 bridgehead atoms. The number of fused-ring (bicyclic) bond motifs is 1. The van der Waals surface area contributed by atoms with Crippen molar-refractivity contribution in [3.8, 4) is 0 Å². The van der Waals surface area contributed by atoms with Crippen molar-refractivity contribution >= 4 is 28.5 Å². The summed E-state index contributed by atoms with van der Waals surface area (Å²) in [5.41, 5.74) is 0.665. The Balaban J connectivity index is 2.40. The van der Waals surface area contributed by atoms with Crippen LogP contribution in [0, 0.1) is 6.92 Å². The summed E-state index contributed by atoms with van der Waals surface area (Å²) in [6.45, 7) is 5.13. The van der Waals surface area contributed by atoms with E-state index in [1.165, 1.54) is 0 Å². The fraction of sp³-hybridized carbons (Fsp3) is 0.357. The summed E-state index contributed by atoms with van der Waals surface area (Å²) in [5, 5.41) is 13.3. The van der Waals surface area contributed by atoms with Crippen molar-refractivity contribution in [1.29, 1.82) is 0 Å². The number of carbonyl (C=O) groups excluding carboxylic acids is 1. The van der Waals surface area contributed by atoms with Gasteiger partial charge in [-0.25, -0.2) is 0 Å². The maximum Gasteiger partial charge on any atom is 0.287 e. The molecule has 1 aromatic heterocycles. The van der Waals surface area contributed by atoms with Crippen LogP contribution in [0.15, 0.2) is 22.6 Å². The third-order valence-corrected chi connectivity index (χ3v) is 3.19. The average molecular weight is 282 g/mol. The number of amides is 1. The smallest absolute Gasteiger partial charge is 0.287 e. The van der Waals surface area contributed by atoms with Gasteiger partial charge in [-0.1, -0.05) is 11.6 Å². The lowest BCUT2D eigenvalue weighted by molar-refractivity contribution is 0.0842. The van der Waals surface area contributed by atoms with Crippen molar-refractivity contribution < 1.29 is 14.3 Å². The number of hydrogen-bond acceptors (Lipinski definition) is 3. The molecular formula is C14H16ClNO3. The molecule has 19 heavy (non-hydrogen) atoms. The van der Waals surface area contributed by atoms with Crippen LogP contribution in [0.25, 0.3) is 11.0 Å². The molecule has 102 valence electrons. The van der Waals surface area contributed by atoms with Gasteiger partial charge in [0, 0.05) is 16.0 Å². The van der Waals surface area contributed by atoms with Gasteiger partial charge in [0.15, 0.2) is 5.76 Å². The molecule has 4 nitrogen and oxygen atoms in total. The van der Waals surface area contributed by atoms with E-state index in [4.69, 9.17) is 16.0 Å². The van der Waals surface area contributed by atoms with Crippen LogP contribution < -0.4 is 5.32 Å². The molecule has 1 amide bonds. The Hall–Kier alpha value is -1.52. The van der Waals surface area contributed by atoms with Crippen LogP contribution in [0.5, 0.6) is 0 Å². The Morgan fingerprint density at radius 1 is 1.47 bits per heavy atom. The highest BCUT2D eigenvalue weighted by Gasteiger charge is 2.24. The molecule has 2 N–H and O–H groups in total. The Morgan fingerprint density at radius 2 is 2.16 bits per heavy atom. The quantitative estimate of drug-likeness (QED) is 0.909. The number of furan rings is 1. The van der Waals surface area contributed by atoms with Crippen LogP contribution in [0.3, 0.4) is 0 Å². The summed E-state index contributed by atoms with van der Waals surface area (Å²) in [7, 11) is 0. The van der Waals surface area contributed by atoms with Crippen molar-refractivity contribution in [1.82, 2.24) is 5.32 Å².